The van der Waals surface area contributed by atoms with Crippen LogP contribution < -0.4 is 4.90 Å². The Morgan fingerprint density at radius 2 is 1.05 bits per heavy atom. The van der Waals surface area contributed by atoms with E-state index in [2.05, 4.69) is 157 Å². The van der Waals surface area contributed by atoms with Gasteiger partial charge in [-0.3, -0.25) is 0 Å². The Balaban J connectivity index is 1.39. The highest BCUT2D eigenvalue weighted by molar-refractivity contribution is 6.19. The van der Waals surface area contributed by atoms with Gasteiger partial charge in [0.1, 0.15) is 11.2 Å². The molecule has 1 aromatic heterocycles. The molecule has 0 amide bonds. The maximum absolute atomic E-state index is 6.54. The van der Waals surface area contributed by atoms with Crippen molar-refractivity contribution in [2.24, 2.45) is 0 Å². The summed E-state index contributed by atoms with van der Waals surface area (Å²) in [5.74, 6) is 0. The van der Waals surface area contributed by atoms with E-state index in [0.29, 0.717) is 0 Å². The highest BCUT2D eigenvalue weighted by Crippen LogP contribution is 2.43. The van der Waals surface area contributed by atoms with Crippen LogP contribution in [0.4, 0.5) is 17.1 Å². The fourth-order valence-electron chi connectivity index (χ4n) is 5.92. The second-order valence-corrected chi connectivity index (χ2v) is 10.2. The molecule has 0 atom stereocenters. The molecule has 0 radical (unpaired) electrons. The summed E-state index contributed by atoms with van der Waals surface area (Å²) in [4.78, 5) is 2.32. The van der Waals surface area contributed by atoms with Gasteiger partial charge in [-0.1, -0.05) is 103 Å². The predicted octanol–water partition coefficient (Wildman–Crippen LogP) is 11.0. The first-order valence-electron chi connectivity index (χ1n) is 13.6. The monoisotopic (exact) mass is 511 g/mol. The van der Waals surface area contributed by atoms with E-state index in [1.54, 1.807) is 0 Å². The quantitative estimate of drug-likeness (QED) is 0.234. The van der Waals surface area contributed by atoms with Gasteiger partial charge >= 0.3 is 0 Å². The maximum atomic E-state index is 6.54. The van der Waals surface area contributed by atoms with Crippen molar-refractivity contribution in [3.63, 3.8) is 0 Å². The Kier molecular flexibility index (Phi) is 5.17. The molecule has 0 aliphatic rings. The molecule has 2 nitrogen and oxygen atoms in total. The average molecular weight is 512 g/mol. The molecule has 7 aromatic carbocycles. The van der Waals surface area contributed by atoms with Crippen LogP contribution in [-0.2, 0) is 0 Å². The number of para-hydroxylation sites is 1. The molecule has 188 valence electrons. The molecule has 0 saturated carbocycles. The second kappa shape index (κ2) is 9.14. The van der Waals surface area contributed by atoms with Crippen molar-refractivity contribution < 1.29 is 4.42 Å². The lowest BCUT2D eigenvalue weighted by Gasteiger charge is -2.26. The van der Waals surface area contributed by atoms with E-state index in [1.807, 2.05) is 0 Å². The second-order valence-electron chi connectivity index (χ2n) is 10.2. The zero-order valence-corrected chi connectivity index (χ0v) is 21.8. The zero-order valence-electron chi connectivity index (χ0n) is 21.8. The van der Waals surface area contributed by atoms with Crippen LogP contribution in [0, 0.1) is 0 Å². The topological polar surface area (TPSA) is 16.4 Å². The smallest absolute Gasteiger partial charge is 0.143 e. The molecule has 0 bridgehead atoms. The molecule has 0 aliphatic carbocycles. The molecule has 40 heavy (non-hydrogen) atoms. The largest absolute Gasteiger partial charge is 0.455 e. The number of fused-ring (bicyclic) bond motifs is 6. The molecule has 0 saturated heterocycles. The summed E-state index contributed by atoms with van der Waals surface area (Å²) in [6.45, 7) is 0. The van der Waals surface area contributed by atoms with Crippen molar-refractivity contribution in [1.29, 1.82) is 0 Å². The molecule has 0 N–H and O–H groups in total. The van der Waals surface area contributed by atoms with E-state index in [1.165, 1.54) is 27.3 Å². The van der Waals surface area contributed by atoms with Crippen molar-refractivity contribution in [3.05, 3.63) is 152 Å². The first-order chi connectivity index (χ1) is 19.8. The highest BCUT2D eigenvalue weighted by Gasteiger charge is 2.18. The molecule has 0 spiro atoms. The molecular weight excluding hydrogens is 486 g/mol. The number of furan rings is 1. The van der Waals surface area contributed by atoms with Crippen molar-refractivity contribution in [2.75, 3.05) is 4.90 Å². The SMILES string of the molecule is c1ccc(-c2cc3c4cc(N(c5ccccc5)c5ccc6ccccc6c5)ccc4oc3c3ccccc23)cc1. The standard InChI is InChI=1S/C38H25NO/c1-3-12-27(13-4-1)34-25-36-35-24-31(21-22-37(35)40-38(36)33-18-10-9-17-32(33)34)39(29-15-5-2-6-16-29)30-20-19-26-11-7-8-14-28(26)23-30/h1-25H. The summed E-state index contributed by atoms with van der Waals surface area (Å²) in [5, 5.41) is 7.01. The van der Waals surface area contributed by atoms with Crippen LogP contribution in [0.2, 0.25) is 0 Å². The van der Waals surface area contributed by atoms with E-state index in [0.717, 1.165) is 44.4 Å². The normalized spacial score (nSPS) is 11.5. The van der Waals surface area contributed by atoms with Crippen LogP contribution in [0.25, 0.3) is 54.6 Å². The summed E-state index contributed by atoms with van der Waals surface area (Å²) >= 11 is 0. The van der Waals surface area contributed by atoms with E-state index in [-0.39, 0.29) is 0 Å². The first kappa shape index (κ1) is 22.6. The number of hydrogen-bond acceptors (Lipinski definition) is 2. The minimum Gasteiger partial charge on any atom is -0.455 e. The van der Waals surface area contributed by atoms with Gasteiger partial charge in [-0.15, -0.1) is 0 Å². The fourth-order valence-corrected chi connectivity index (χ4v) is 5.92. The lowest BCUT2D eigenvalue weighted by molar-refractivity contribution is 0.672. The van der Waals surface area contributed by atoms with Gasteiger partial charge in [0.25, 0.3) is 0 Å². The molecule has 0 unspecified atom stereocenters. The van der Waals surface area contributed by atoms with Gasteiger partial charge < -0.3 is 9.32 Å². The van der Waals surface area contributed by atoms with Gasteiger partial charge in [0.15, 0.2) is 0 Å². The average Bonchev–Trinajstić information content (AvgIpc) is 3.40. The molecule has 0 aliphatic heterocycles. The summed E-state index contributed by atoms with van der Waals surface area (Å²) in [6, 6.07) is 53.7. The van der Waals surface area contributed by atoms with E-state index in [9.17, 15) is 0 Å². The van der Waals surface area contributed by atoms with Crippen LogP contribution in [0.1, 0.15) is 0 Å². The third-order valence-corrected chi connectivity index (χ3v) is 7.81. The number of hydrogen-bond donors (Lipinski definition) is 0. The van der Waals surface area contributed by atoms with E-state index in [4.69, 9.17) is 4.42 Å². The van der Waals surface area contributed by atoms with Gasteiger partial charge in [0.05, 0.1) is 0 Å². The summed E-state index contributed by atoms with van der Waals surface area (Å²) in [5.41, 5.74) is 7.55. The maximum Gasteiger partial charge on any atom is 0.143 e. The summed E-state index contributed by atoms with van der Waals surface area (Å²) in [6.07, 6.45) is 0. The van der Waals surface area contributed by atoms with E-state index >= 15 is 0 Å². The Bertz CT molecular complexity index is 2160. The fraction of sp³-hybridized carbons (Fsp3) is 0. The van der Waals surface area contributed by atoms with Crippen LogP contribution >= 0.6 is 0 Å². The van der Waals surface area contributed by atoms with Gasteiger partial charge in [-0.05, 0) is 75.8 Å². The Morgan fingerprint density at radius 1 is 0.400 bits per heavy atom. The van der Waals surface area contributed by atoms with Crippen LogP contribution in [0.3, 0.4) is 0 Å². The predicted molar refractivity (Wildman–Crippen MR) is 169 cm³/mol. The van der Waals surface area contributed by atoms with Crippen molar-refractivity contribution in [1.82, 2.24) is 0 Å². The molecule has 8 rings (SSSR count). The van der Waals surface area contributed by atoms with Crippen molar-refractivity contribution in [3.8, 4) is 11.1 Å². The Labute approximate surface area is 232 Å². The third-order valence-electron chi connectivity index (χ3n) is 7.81. The van der Waals surface area contributed by atoms with Gasteiger partial charge in [0.2, 0.25) is 0 Å². The molecule has 2 heteroatoms. The Hall–Kier alpha value is -5.34. The first-order valence-corrected chi connectivity index (χ1v) is 13.6. The Morgan fingerprint density at radius 3 is 1.88 bits per heavy atom. The van der Waals surface area contributed by atoms with Crippen LogP contribution in [0.15, 0.2) is 156 Å². The number of nitrogens with zero attached hydrogens (tertiary/aromatic N) is 1. The van der Waals surface area contributed by atoms with Crippen molar-refractivity contribution >= 4 is 60.5 Å². The van der Waals surface area contributed by atoms with Gasteiger partial charge in [-0.25, -0.2) is 0 Å². The molecule has 1 heterocycles. The molecule has 8 aromatic rings. The molecular formula is C38H25NO. The van der Waals surface area contributed by atoms with Crippen molar-refractivity contribution in [2.45, 2.75) is 0 Å². The zero-order chi connectivity index (χ0) is 26.5. The minimum absolute atomic E-state index is 0.889. The summed E-state index contributed by atoms with van der Waals surface area (Å²) < 4.78 is 6.54. The lowest BCUT2D eigenvalue weighted by atomic mass is 9.95. The summed E-state index contributed by atoms with van der Waals surface area (Å²) in [7, 11) is 0. The number of anilines is 3. The lowest BCUT2D eigenvalue weighted by Crippen LogP contribution is -2.09. The number of rotatable bonds is 4. The van der Waals surface area contributed by atoms with E-state index < -0.39 is 0 Å². The van der Waals surface area contributed by atoms with Gasteiger partial charge in [-0.2, -0.15) is 0 Å². The number of benzene rings is 7. The molecule has 0 fully saturated rings. The third kappa shape index (κ3) is 3.65. The van der Waals surface area contributed by atoms with Gasteiger partial charge in [0, 0.05) is 33.2 Å². The minimum atomic E-state index is 0.889. The highest BCUT2D eigenvalue weighted by atomic mass is 16.3. The van der Waals surface area contributed by atoms with Crippen LogP contribution in [-0.4, -0.2) is 0 Å². The van der Waals surface area contributed by atoms with Crippen LogP contribution in [0.5, 0.6) is 0 Å².